The lowest BCUT2D eigenvalue weighted by Crippen LogP contribution is -1.88. The molecule has 0 unspecified atom stereocenters. The van der Waals surface area contributed by atoms with E-state index in [1.165, 1.54) is 10.4 Å². The van der Waals surface area contributed by atoms with Gasteiger partial charge in [-0.15, -0.1) is 11.3 Å². The normalized spacial score (nSPS) is 10.7. The predicted molar refractivity (Wildman–Crippen MR) is 70.8 cm³/mol. The number of aliphatic hydroxyl groups excluding tert-OH is 1. The molecule has 0 saturated heterocycles. The SMILES string of the molecule is Cc1nc(CCO)sc1-c1ccc(Br)cc1. The number of hydrogen-bond acceptors (Lipinski definition) is 3. The van der Waals surface area contributed by atoms with Gasteiger partial charge < -0.3 is 5.11 Å². The summed E-state index contributed by atoms with van der Waals surface area (Å²) < 4.78 is 1.08. The van der Waals surface area contributed by atoms with Crippen LogP contribution < -0.4 is 0 Å². The van der Waals surface area contributed by atoms with Crippen molar-refractivity contribution >= 4 is 27.3 Å². The zero-order valence-corrected chi connectivity index (χ0v) is 11.3. The molecule has 1 heterocycles. The summed E-state index contributed by atoms with van der Waals surface area (Å²) in [5.74, 6) is 0. The molecule has 2 nitrogen and oxygen atoms in total. The number of aromatic nitrogens is 1. The van der Waals surface area contributed by atoms with Gasteiger partial charge in [0.2, 0.25) is 0 Å². The fourth-order valence-electron chi connectivity index (χ4n) is 1.52. The quantitative estimate of drug-likeness (QED) is 0.942. The molecule has 0 spiro atoms. The van der Waals surface area contributed by atoms with Gasteiger partial charge in [-0.25, -0.2) is 4.98 Å². The van der Waals surface area contributed by atoms with Gasteiger partial charge in [-0.05, 0) is 24.6 Å². The van der Waals surface area contributed by atoms with E-state index in [0.29, 0.717) is 6.42 Å². The van der Waals surface area contributed by atoms with E-state index < -0.39 is 0 Å². The Balaban J connectivity index is 2.36. The smallest absolute Gasteiger partial charge is 0.0957 e. The molecular weight excluding hydrogens is 286 g/mol. The van der Waals surface area contributed by atoms with Gasteiger partial charge in [0, 0.05) is 17.5 Å². The minimum absolute atomic E-state index is 0.159. The number of hydrogen-bond donors (Lipinski definition) is 1. The standard InChI is InChI=1S/C12H12BrNOS/c1-8-12(16-11(14-8)6-7-15)9-2-4-10(13)5-3-9/h2-5,15H,6-7H2,1H3. The Morgan fingerprint density at radius 1 is 1.31 bits per heavy atom. The van der Waals surface area contributed by atoms with Crippen molar-refractivity contribution in [2.24, 2.45) is 0 Å². The Hall–Kier alpha value is -0.710. The maximum Gasteiger partial charge on any atom is 0.0957 e. The molecule has 2 rings (SSSR count). The van der Waals surface area contributed by atoms with Gasteiger partial charge in [-0.3, -0.25) is 0 Å². The van der Waals surface area contributed by atoms with Gasteiger partial charge >= 0.3 is 0 Å². The summed E-state index contributed by atoms with van der Waals surface area (Å²) in [6.07, 6.45) is 0.641. The van der Waals surface area contributed by atoms with E-state index in [4.69, 9.17) is 5.11 Å². The number of benzene rings is 1. The van der Waals surface area contributed by atoms with Crippen molar-refractivity contribution in [2.75, 3.05) is 6.61 Å². The van der Waals surface area contributed by atoms with Crippen molar-refractivity contribution in [1.29, 1.82) is 0 Å². The van der Waals surface area contributed by atoms with Crippen LogP contribution in [0, 0.1) is 6.92 Å². The summed E-state index contributed by atoms with van der Waals surface area (Å²) in [6.45, 7) is 2.17. The molecule has 0 atom stereocenters. The number of nitrogens with zero attached hydrogens (tertiary/aromatic N) is 1. The molecule has 0 saturated carbocycles. The van der Waals surface area contributed by atoms with Crippen molar-refractivity contribution in [3.05, 3.63) is 39.4 Å². The fraction of sp³-hybridized carbons (Fsp3) is 0.250. The average Bonchev–Trinajstić information content (AvgIpc) is 2.61. The molecule has 0 radical (unpaired) electrons. The first-order valence-corrected chi connectivity index (χ1v) is 6.65. The van der Waals surface area contributed by atoms with Crippen LogP contribution in [0.25, 0.3) is 10.4 Å². The third-order valence-electron chi connectivity index (χ3n) is 2.27. The maximum absolute atomic E-state index is 8.89. The highest BCUT2D eigenvalue weighted by molar-refractivity contribution is 9.10. The van der Waals surface area contributed by atoms with E-state index in [1.54, 1.807) is 11.3 Å². The van der Waals surface area contributed by atoms with Crippen LogP contribution in [0.3, 0.4) is 0 Å². The Kier molecular flexibility index (Phi) is 3.74. The van der Waals surface area contributed by atoms with Gasteiger partial charge in [0.15, 0.2) is 0 Å². The molecule has 1 aromatic carbocycles. The van der Waals surface area contributed by atoms with Crippen LogP contribution in [-0.4, -0.2) is 16.7 Å². The number of aliphatic hydroxyl groups is 1. The lowest BCUT2D eigenvalue weighted by Gasteiger charge is -1.98. The monoisotopic (exact) mass is 297 g/mol. The summed E-state index contributed by atoms with van der Waals surface area (Å²) in [6, 6.07) is 8.21. The number of aryl methyl sites for hydroxylation is 1. The highest BCUT2D eigenvalue weighted by atomic mass is 79.9. The average molecular weight is 298 g/mol. The largest absolute Gasteiger partial charge is 0.396 e. The van der Waals surface area contributed by atoms with Gasteiger partial charge in [-0.1, -0.05) is 28.1 Å². The number of rotatable bonds is 3. The van der Waals surface area contributed by atoms with Crippen molar-refractivity contribution < 1.29 is 5.11 Å². The second kappa shape index (κ2) is 5.08. The van der Waals surface area contributed by atoms with Crippen molar-refractivity contribution in [3.8, 4) is 10.4 Å². The van der Waals surface area contributed by atoms with Gasteiger partial charge in [0.05, 0.1) is 15.6 Å². The minimum Gasteiger partial charge on any atom is -0.396 e. The minimum atomic E-state index is 0.159. The first kappa shape index (κ1) is 11.8. The van der Waals surface area contributed by atoms with Crippen molar-refractivity contribution in [1.82, 2.24) is 4.98 Å². The van der Waals surface area contributed by atoms with Gasteiger partial charge in [0.25, 0.3) is 0 Å². The van der Waals surface area contributed by atoms with E-state index in [0.717, 1.165) is 15.2 Å². The molecule has 0 aliphatic carbocycles. The van der Waals surface area contributed by atoms with E-state index in [1.807, 2.05) is 19.1 Å². The zero-order chi connectivity index (χ0) is 11.5. The molecule has 0 aliphatic heterocycles. The summed E-state index contributed by atoms with van der Waals surface area (Å²) in [5.41, 5.74) is 2.22. The highest BCUT2D eigenvalue weighted by Gasteiger charge is 2.08. The molecule has 1 aromatic heterocycles. The first-order valence-electron chi connectivity index (χ1n) is 5.04. The van der Waals surface area contributed by atoms with Crippen LogP contribution in [0.2, 0.25) is 0 Å². The number of thiazole rings is 1. The van der Waals surface area contributed by atoms with Crippen LogP contribution in [0.4, 0.5) is 0 Å². The Morgan fingerprint density at radius 2 is 2.00 bits per heavy atom. The second-order valence-corrected chi connectivity index (χ2v) is 5.50. The molecular formula is C12H12BrNOS. The first-order chi connectivity index (χ1) is 7.70. The zero-order valence-electron chi connectivity index (χ0n) is 8.90. The van der Waals surface area contributed by atoms with Gasteiger partial charge in [0.1, 0.15) is 0 Å². The van der Waals surface area contributed by atoms with Crippen molar-refractivity contribution in [3.63, 3.8) is 0 Å². The molecule has 0 amide bonds. The molecule has 4 heteroatoms. The van der Waals surface area contributed by atoms with E-state index in [2.05, 4.69) is 33.0 Å². The van der Waals surface area contributed by atoms with Crippen LogP contribution in [-0.2, 0) is 6.42 Å². The fourth-order valence-corrected chi connectivity index (χ4v) is 2.85. The van der Waals surface area contributed by atoms with Crippen LogP contribution >= 0.6 is 27.3 Å². The Labute approximate surface area is 107 Å². The number of halogens is 1. The maximum atomic E-state index is 8.89. The highest BCUT2D eigenvalue weighted by Crippen LogP contribution is 2.30. The molecule has 0 bridgehead atoms. The summed E-state index contributed by atoms with van der Waals surface area (Å²) >= 11 is 5.08. The van der Waals surface area contributed by atoms with E-state index in [-0.39, 0.29) is 6.61 Å². The Bertz CT molecular complexity index is 478. The molecule has 84 valence electrons. The topological polar surface area (TPSA) is 33.1 Å². The summed E-state index contributed by atoms with van der Waals surface area (Å²) in [5, 5.41) is 9.89. The second-order valence-electron chi connectivity index (χ2n) is 3.50. The van der Waals surface area contributed by atoms with E-state index >= 15 is 0 Å². The summed E-state index contributed by atoms with van der Waals surface area (Å²) in [4.78, 5) is 5.64. The lowest BCUT2D eigenvalue weighted by atomic mass is 10.2. The van der Waals surface area contributed by atoms with Crippen LogP contribution in [0.1, 0.15) is 10.7 Å². The van der Waals surface area contributed by atoms with Crippen LogP contribution in [0.15, 0.2) is 28.7 Å². The molecule has 1 N–H and O–H groups in total. The van der Waals surface area contributed by atoms with Gasteiger partial charge in [-0.2, -0.15) is 0 Å². The predicted octanol–water partition coefficient (Wildman–Crippen LogP) is 3.42. The van der Waals surface area contributed by atoms with Crippen molar-refractivity contribution in [2.45, 2.75) is 13.3 Å². The van der Waals surface area contributed by atoms with Crippen LogP contribution in [0.5, 0.6) is 0 Å². The molecule has 2 aromatic rings. The third kappa shape index (κ3) is 2.51. The molecule has 0 fully saturated rings. The lowest BCUT2D eigenvalue weighted by molar-refractivity contribution is 0.299. The Morgan fingerprint density at radius 3 is 2.62 bits per heavy atom. The van der Waals surface area contributed by atoms with E-state index in [9.17, 15) is 0 Å². The summed E-state index contributed by atoms with van der Waals surface area (Å²) in [7, 11) is 0. The third-order valence-corrected chi connectivity index (χ3v) is 4.07. The molecule has 16 heavy (non-hydrogen) atoms. The molecule has 0 aliphatic rings.